The van der Waals surface area contributed by atoms with E-state index in [4.69, 9.17) is 0 Å². The van der Waals surface area contributed by atoms with Gasteiger partial charge in [0.1, 0.15) is 11.6 Å². The van der Waals surface area contributed by atoms with Crippen LogP contribution in [0.3, 0.4) is 0 Å². The Morgan fingerprint density at radius 1 is 1.54 bits per heavy atom. The third-order valence-corrected chi connectivity index (χ3v) is 2.56. The molecule has 1 heterocycles. The maximum absolute atomic E-state index is 12.5. The highest BCUT2D eigenvalue weighted by Gasteiger charge is 2.45. The fourth-order valence-electron chi connectivity index (χ4n) is 1.35. The second kappa shape index (κ2) is 2.69. The first kappa shape index (κ1) is 8.48. The first-order chi connectivity index (χ1) is 6.08. The standard InChI is InChI=1S/C10H13FN2/c1-10(2)5-8(10)13-9-4-3-7(11)6-12-9/h3-4,6,8H,5H2,1-2H3,(H,12,13). The highest BCUT2D eigenvalue weighted by atomic mass is 19.1. The summed E-state index contributed by atoms with van der Waals surface area (Å²) in [5.74, 6) is 0.470. The molecule has 1 N–H and O–H groups in total. The zero-order valence-electron chi connectivity index (χ0n) is 7.84. The molecule has 0 spiro atoms. The molecule has 1 atom stereocenters. The monoisotopic (exact) mass is 180 g/mol. The van der Waals surface area contributed by atoms with Crippen molar-refractivity contribution in [1.29, 1.82) is 0 Å². The summed E-state index contributed by atoms with van der Waals surface area (Å²) in [5.41, 5.74) is 0.371. The molecule has 0 aromatic carbocycles. The summed E-state index contributed by atoms with van der Waals surface area (Å²) >= 11 is 0. The van der Waals surface area contributed by atoms with Crippen LogP contribution < -0.4 is 5.32 Å². The van der Waals surface area contributed by atoms with Crippen LogP contribution in [0.15, 0.2) is 18.3 Å². The van der Waals surface area contributed by atoms with Gasteiger partial charge in [-0.05, 0) is 24.0 Å². The van der Waals surface area contributed by atoms with Gasteiger partial charge in [-0.2, -0.15) is 0 Å². The lowest BCUT2D eigenvalue weighted by Crippen LogP contribution is -2.09. The lowest BCUT2D eigenvalue weighted by Gasteiger charge is -2.06. The van der Waals surface area contributed by atoms with Crippen LogP contribution in [0, 0.1) is 11.2 Å². The topological polar surface area (TPSA) is 24.9 Å². The van der Waals surface area contributed by atoms with Crippen molar-refractivity contribution in [1.82, 2.24) is 4.98 Å². The molecule has 2 rings (SSSR count). The van der Waals surface area contributed by atoms with Gasteiger partial charge in [0, 0.05) is 6.04 Å². The fraction of sp³-hybridized carbons (Fsp3) is 0.500. The predicted octanol–water partition coefficient (Wildman–Crippen LogP) is 2.43. The highest BCUT2D eigenvalue weighted by Crippen LogP contribution is 2.46. The molecule has 1 aromatic rings. The smallest absolute Gasteiger partial charge is 0.141 e. The summed E-state index contributed by atoms with van der Waals surface area (Å²) in [4.78, 5) is 3.94. The van der Waals surface area contributed by atoms with Gasteiger partial charge in [-0.25, -0.2) is 9.37 Å². The summed E-state index contributed by atoms with van der Waals surface area (Å²) < 4.78 is 12.5. The molecular formula is C10H13FN2. The average Bonchev–Trinajstić information content (AvgIpc) is 2.64. The second-order valence-electron chi connectivity index (χ2n) is 4.25. The molecule has 1 fully saturated rings. The van der Waals surface area contributed by atoms with Gasteiger partial charge < -0.3 is 5.32 Å². The molecule has 1 aliphatic rings. The normalized spacial score (nSPS) is 24.1. The number of halogens is 1. The summed E-state index contributed by atoms with van der Waals surface area (Å²) in [6.07, 6.45) is 2.39. The molecule has 1 unspecified atom stereocenters. The van der Waals surface area contributed by atoms with Crippen molar-refractivity contribution in [3.8, 4) is 0 Å². The lowest BCUT2D eigenvalue weighted by atomic mass is 10.2. The van der Waals surface area contributed by atoms with Crippen molar-refractivity contribution in [3.63, 3.8) is 0 Å². The molecule has 1 aliphatic carbocycles. The summed E-state index contributed by atoms with van der Waals surface area (Å²) in [5, 5.41) is 3.26. The van der Waals surface area contributed by atoms with E-state index in [9.17, 15) is 4.39 Å². The van der Waals surface area contributed by atoms with Gasteiger partial charge in [-0.15, -0.1) is 0 Å². The molecule has 0 aliphatic heterocycles. The van der Waals surface area contributed by atoms with Gasteiger partial charge in [0.25, 0.3) is 0 Å². The number of hydrogen-bond donors (Lipinski definition) is 1. The van der Waals surface area contributed by atoms with Crippen LogP contribution in [-0.2, 0) is 0 Å². The molecule has 2 nitrogen and oxygen atoms in total. The SMILES string of the molecule is CC1(C)CC1Nc1ccc(F)cn1. The van der Waals surface area contributed by atoms with E-state index >= 15 is 0 Å². The van der Waals surface area contributed by atoms with Gasteiger partial charge in [0.05, 0.1) is 6.20 Å². The zero-order chi connectivity index (χ0) is 9.47. The van der Waals surface area contributed by atoms with Crippen molar-refractivity contribution in [2.75, 3.05) is 5.32 Å². The predicted molar refractivity (Wildman–Crippen MR) is 50.0 cm³/mol. The number of anilines is 1. The number of pyridine rings is 1. The molecule has 3 heteroatoms. The minimum atomic E-state index is -0.291. The third kappa shape index (κ3) is 1.79. The van der Waals surface area contributed by atoms with E-state index in [1.54, 1.807) is 6.07 Å². The molecule has 0 bridgehead atoms. The van der Waals surface area contributed by atoms with E-state index in [0.29, 0.717) is 11.5 Å². The Morgan fingerprint density at radius 3 is 2.69 bits per heavy atom. The molecular weight excluding hydrogens is 167 g/mol. The van der Waals surface area contributed by atoms with Crippen LogP contribution in [0.2, 0.25) is 0 Å². The largest absolute Gasteiger partial charge is 0.367 e. The van der Waals surface area contributed by atoms with E-state index in [1.807, 2.05) is 0 Å². The van der Waals surface area contributed by atoms with Gasteiger partial charge in [-0.1, -0.05) is 13.8 Å². The molecule has 13 heavy (non-hydrogen) atoms. The minimum absolute atomic E-state index is 0.291. The molecule has 0 saturated heterocycles. The van der Waals surface area contributed by atoms with Gasteiger partial charge in [-0.3, -0.25) is 0 Å². The third-order valence-electron chi connectivity index (χ3n) is 2.56. The Balaban J connectivity index is 2.00. The van der Waals surface area contributed by atoms with E-state index in [0.717, 1.165) is 12.2 Å². The number of rotatable bonds is 2. The van der Waals surface area contributed by atoms with Gasteiger partial charge >= 0.3 is 0 Å². The van der Waals surface area contributed by atoms with Crippen LogP contribution >= 0.6 is 0 Å². The van der Waals surface area contributed by atoms with E-state index in [-0.39, 0.29) is 5.82 Å². The summed E-state index contributed by atoms with van der Waals surface area (Å²) in [7, 11) is 0. The Bertz CT molecular complexity index is 305. The number of aromatic nitrogens is 1. The van der Waals surface area contributed by atoms with Crippen molar-refractivity contribution < 1.29 is 4.39 Å². The van der Waals surface area contributed by atoms with E-state index in [1.165, 1.54) is 12.3 Å². The number of nitrogens with one attached hydrogen (secondary N) is 1. The van der Waals surface area contributed by atoms with Crippen molar-refractivity contribution >= 4 is 5.82 Å². The quantitative estimate of drug-likeness (QED) is 0.756. The summed E-state index contributed by atoms with van der Waals surface area (Å²) in [6.45, 7) is 4.41. The Hall–Kier alpha value is -1.12. The maximum Gasteiger partial charge on any atom is 0.141 e. The molecule has 0 amide bonds. The van der Waals surface area contributed by atoms with Crippen LogP contribution in [0.1, 0.15) is 20.3 Å². The Kier molecular flexibility index (Phi) is 1.75. The van der Waals surface area contributed by atoms with Crippen LogP contribution in [-0.4, -0.2) is 11.0 Å². The van der Waals surface area contributed by atoms with Crippen LogP contribution in [0.5, 0.6) is 0 Å². The first-order valence-corrected chi connectivity index (χ1v) is 4.46. The summed E-state index contributed by atoms with van der Waals surface area (Å²) in [6, 6.07) is 3.58. The van der Waals surface area contributed by atoms with Gasteiger partial charge in [0.2, 0.25) is 0 Å². The first-order valence-electron chi connectivity index (χ1n) is 4.46. The number of hydrogen-bond acceptors (Lipinski definition) is 2. The number of nitrogens with zero attached hydrogens (tertiary/aromatic N) is 1. The van der Waals surface area contributed by atoms with Gasteiger partial charge in [0.15, 0.2) is 0 Å². The lowest BCUT2D eigenvalue weighted by molar-refractivity contribution is 0.619. The Labute approximate surface area is 77.2 Å². The van der Waals surface area contributed by atoms with E-state index in [2.05, 4.69) is 24.1 Å². The minimum Gasteiger partial charge on any atom is -0.367 e. The average molecular weight is 180 g/mol. The van der Waals surface area contributed by atoms with Crippen LogP contribution in [0.25, 0.3) is 0 Å². The van der Waals surface area contributed by atoms with E-state index < -0.39 is 0 Å². The second-order valence-corrected chi connectivity index (χ2v) is 4.25. The highest BCUT2D eigenvalue weighted by molar-refractivity contribution is 5.38. The van der Waals surface area contributed by atoms with Crippen molar-refractivity contribution in [2.24, 2.45) is 5.41 Å². The molecule has 1 saturated carbocycles. The molecule has 0 radical (unpaired) electrons. The Morgan fingerprint density at radius 2 is 2.23 bits per heavy atom. The van der Waals surface area contributed by atoms with Crippen molar-refractivity contribution in [3.05, 3.63) is 24.1 Å². The van der Waals surface area contributed by atoms with Crippen LogP contribution in [0.4, 0.5) is 10.2 Å². The fourth-order valence-corrected chi connectivity index (χ4v) is 1.35. The zero-order valence-corrected chi connectivity index (χ0v) is 7.84. The van der Waals surface area contributed by atoms with Crippen molar-refractivity contribution in [2.45, 2.75) is 26.3 Å². The molecule has 1 aromatic heterocycles. The maximum atomic E-state index is 12.5. The molecule has 70 valence electrons.